The van der Waals surface area contributed by atoms with Crippen LogP contribution in [-0.4, -0.2) is 528 Å². The summed E-state index contributed by atoms with van der Waals surface area (Å²) in [6, 6.07) is -8.03. The van der Waals surface area contributed by atoms with Gasteiger partial charge < -0.3 is 249 Å². The van der Waals surface area contributed by atoms with E-state index in [1.165, 1.54) is 6.92 Å². The molecule has 0 spiro atoms. The van der Waals surface area contributed by atoms with Crippen LogP contribution in [0.5, 0.6) is 0 Å². The van der Waals surface area contributed by atoms with Gasteiger partial charge in [-0.1, -0.05) is 0 Å². The number of aliphatic hydroxyl groups is 27. The Morgan fingerprint density at radius 1 is 0.320 bits per heavy atom. The lowest BCUT2D eigenvalue weighted by Gasteiger charge is -2.51. The van der Waals surface area contributed by atoms with E-state index in [-0.39, 0.29) is 6.29 Å². The lowest BCUT2D eigenvalue weighted by molar-refractivity contribution is -0.398. The third-order valence-corrected chi connectivity index (χ3v) is 22.0. The topological polar surface area (TPSA) is 846 Å². The first-order chi connectivity index (χ1) is 57.6. The molecule has 9 heterocycles. The van der Waals surface area contributed by atoms with E-state index in [2.05, 4.69) is 21.3 Å². The standard InChI is InChI=1S/C68H114N4O50/c1-16-34(86)44(96)49(101)63(107-16)105-14-22(85)53(35(87)21(6-73)69-17(2)81)116-60-31(70-18(3)82)41(93)56(29(13-80)112-60)119-66-52(104)57(120-68-59(48(100)39(91)26(10-77)111-68)122-62-33(72-20(5)84)43(95)55(28(12-79)114-62)118-65-51(103)46(98)37(89)24(8-75)109-65)40(92)30(115-66)15-106-67-58(47(99)38(90)25(9-76)110-67)121-61-32(71-19(4)83)42(94)54(27(11-78)113-61)117-64-50(102)45(97)36(88)23(7-74)108-64/h6,16,21-68,74-80,85-104H,7-15H2,1-5H3,(H,69,81)(H,70,82)(H,71,83)(H,72,84)/t16-,21-,22+,23+,24+,25+,26+,27+,28+,29+,30+,31+,32+,33+,34+,35+,36-,37-,38+,39+,40+,41+,42+,43+,44+,45-,46-,47-,48-,49-,50+,51+,52-,53+,54+,55+,56+,57-,58-,59-,60-,61-,62-,63+,64-,65-,66-,67+,68-/m0/s1. The Hall–Kier alpha value is -4.25. The number of hydrogen-bond donors (Lipinski definition) is 31. The second-order valence-corrected chi connectivity index (χ2v) is 30.6. The fourth-order valence-electron chi connectivity index (χ4n) is 15.3. The molecule has 9 fully saturated rings. The van der Waals surface area contributed by atoms with E-state index in [9.17, 15) is 162 Å². The summed E-state index contributed by atoms with van der Waals surface area (Å²) in [5.41, 5.74) is 0. The van der Waals surface area contributed by atoms with Gasteiger partial charge in [-0.05, 0) is 6.92 Å². The summed E-state index contributed by atoms with van der Waals surface area (Å²) in [4.78, 5) is 64.0. The zero-order chi connectivity index (χ0) is 90.2. The van der Waals surface area contributed by atoms with E-state index >= 15 is 0 Å². The Kier molecular flexibility index (Phi) is 37.3. The summed E-state index contributed by atoms with van der Waals surface area (Å²) >= 11 is 0. The van der Waals surface area contributed by atoms with Gasteiger partial charge in [-0.2, -0.15) is 0 Å². The largest absolute Gasteiger partial charge is 0.394 e. The van der Waals surface area contributed by atoms with Gasteiger partial charge in [0.25, 0.3) is 0 Å². The van der Waals surface area contributed by atoms with E-state index in [0.717, 1.165) is 27.7 Å². The number of hydrogen-bond acceptors (Lipinski definition) is 50. The number of aldehydes is 1. The van der Waals surface area contributed by atoms with Crippen molar-refractivity contribution in [3.63, 3.8) is 0 Å². The van der Waals surface area contributed by atoms with Crippen LogP contribution in [0.3, 0.4) is 0 Å². The Morgan fingerprint density at radius 3 is 1.05 bits per heavy atom. The number of aliphatic hydroxyl groups excluding tert-OH is 27. The van der Waals surface area contributed by atoms with Gasteiger partial charge in [-0.3, -0.25) is 19.2 Å². The molecule has 0 saturated carbocycles. The van der Waals surface area contributed by atoms with Crippen molar-refractivity contribution in [2.75, 3.05) is 59.5 Å². The Labute approximate surface area is 691 Å². The van der Waals surface area contributed by atoms with E-state index in [4.69, 9.17) is 85.3 Å². The minimum atomic E-state index is -2.66. The van der Waals surface area contributed by atoms with E-state index in [1.54, 1.807) is 0 Å². The average Bonchev–Trinajstić information content (AvgIpc) is 0.766. The van der Waals surface area contributed by atoms with Gasteiger partial charge >= 0.3 is 0 Å². The summed E-state index contributed by atoms with van der Waals surface area (Å²) < 4.78 is 106. The average molecular weight is 1790 g/mol. The minimum Gasteiger partial charge on any atom is -0.394 e. The molecule has 4 amide bonds. The highest BCUT2D eigenvalue weighted by atomic mass is 16.8. The Bertz CT molecular complexity index is 3270. The van der Waals surface area contributed by atoms with Crippen molar-refractivity contribution in [3.05, 3.63) is 0 Å². The summed E-state index contributed by atoms with van der Waals surface area (Å²) in [6.07, 6.45) is -95.4. The molecule has 9 saturated heterocycles. The van der Waals surface area contributed by atoms with Crippen LogP contribution in [0, 0.1) is 0 Å². The quantitative estimate of drug-likeness (QED) is 0.0262. The molecule has 0 aromatic rings. The van der Waals surface area contributed by atoms with Crippen LogP contribution < -0.4 is 21.3 Å². The third kappa shape index (κ3) is 22.9. The van der Waals surface area contributed by atoms with Gasteiger partial charge in [0.1, 0.15) is 244 Å². The monoisotopic (exact) mass is 1790 g/mol. The Balaban J connectivity index is 1.07. The Morgan fingerprint density at radius 2 is 0.648 bits per heavy atom. The zero-order valence-corrected chi connectivity index (χ0v) is 65.7. The molecular formula is C68H114N4O50. The van der Waals surface area contributed by atoms with Gasteiger partial charge in [0.15, 0.2) is 56.6 Å². The first-order valence-electron chi connectivity index (χ1n) is 38.8. The minimum absolute atomic E-state index is 0.00602. The third-order valence-electron chi connectivity index (χ3n) is 22.0. The van der Waals surface area contributed by atoms with E-state index in [0.29, 0.717) is 0 Å². The smallest absolute Gasteiger partial charge is 0.217 e. The second-order valence-electron chi connectivity index (χ2n) is 30.6. The summed E-state index contributed by atoms with van der Waals surface area (Å²) in [6.45, 7) is -5.39. The zero-order valence-electron chi connectivity index (χ0n) is 65.7. The highest BCUT2D eigenvalue weighted by Crippen LogP contribution is 2.40. The summed E-state index contributed by atoms with van der Waals surface area (Å²) in [5.74, 6) is -3.93. The molecular weight excluding hydrogens is 1670 g/mol. The molecule has 9 rings (SSSR count). The van der Waals surface area contributed by atoms with Crippen LogP contribution in [0.4, 0.5) is 0 Å². The molecule has 0 aromatic heterocycles. The molecule has 9 aliphatic rings. The predicted octanol–water partition coefficient (Wildman–Crippen LogP) is -21.4. The van der Waals surface area contributed by atoms with Gasteiger partial charge in [-0.15, -0.1) is 0 Å². The van der Waals surface area contributed by atoms with Crippen LogP contribution >= 0.6 is 0 Å². The van der Waals surface area contributed by atoms with Gasteiger partial charge in [0, 0.05) is 27.7 Å². The molecule has 0 aromatic carbocycles. The molecule has 0 radical (unpaired) electrons. The first-order valence-corrected chi connectivity index (χ1v) is 38.8. The predicted molar refractivity (Wildman–Crippen MR) is 376 cm³/mol. The van der Waals surface area contributed by atoms with Crippen LogP contribution in [0.2, 0.25) is 0 Å². The number of amides is 4. The lowest BCUT2D eigenvalue weighted by Crippen LogP contribution is -2.70. The molecule has 54 heteroatoms. The van der Waals surface area contributed by atoms with E-state index < -0.39 is 384 Å². The van der Waals surface area contributed by atoms with Crippen LogP contribution in [0.15, 0.2) is 0 Å². The molecule has 49 atom stereocenters. The van der Waals surface area contributed by atoms with Gasteiger partial charge in [0.05, 0.1) is 65.6 Å². The SMILES string of the molecule is CC(=O)N[C@H]1[C@H](O[C@@H]([C@H](O)[C@H](C=O)NC(C)=O)[C@H](O)CO[C@@H]2O[C@@H](C)[C@@H](O)[C@@H](O)[C@@H]2O)O[C@H](CO)[C@@H](O[C@@H]2O[C@H](CO[C@@H]3O[C@H](CO)[C@@H](O)[C@H](O)[C@@H]3O[C@@H]3O[C@H](CO)[C@@H](O[C@@H]4O[C@H](CO)[C@H](O)[C@H](O)[C@H]4O)[C@H](O)[C@H]3NC(C)=O)[C@@H](O)[C@H](O[C@@H]3O[C@H](CO)[C@@H](O)[C@H](O)[C@@H]3O[C@@H]3O[C@H](CO)[C@@H](O[C@@H]4O[C@H](CO)[C@H](O)[C@H](O)[C@H]4O)[C@H](O)[C@H]3NC(C)=O)[C@@H]2O)[C@@H]1O. The number of carbonyl (C=O) groups is 5. The number of nitrogens with one attached hydrogen (secondary N) is 4. The second kappa shape index (κ2) is 44.9. The molecule has 0 aliphatic carbocycles. The number of rotatable bonds is 35. The number of ether oxygens (including phenoxy) is 18. The normalized spacial score (nSPS) is 46.9. The van der Waals surface area contributed by atoms with Crippen molar-refractivity contribution >= 4 is 29.9 Å². The van der Waals surface area contributed by atoms with Gasteiger partial charge in [-0.25, -0.2) is 0 Å². The molecule has 0 unspecified atom stereocenters. The van der Waals surface area contributed by atoms with Crippen molar-refractivity contribution in [2.45, 2.75) is 335 Å². The van der Waals surface area contributed by atoms with Crippen LogP contribution in [-0.2, 0) is 109 Å². The molecule has 31 N–H and O–H groups in total. The molecule has 9 aliphatic heterocycles. The fraction of sp³-hybridized carbons (Fsp3) is 0.926. The first kappa shape index (κ1) is 101. The molecule has 0 bridgehead atoms. The van der Waals surface area contributed by atoms with Crippen molar-refractivity contribution in [1.82, 2.24) is 21.3 Å². The van der Waals surface area contributed by atoms with Crippen molar-refractivity contribution in [1.29, 1.82) is 0 Å². The molecule has 706 valence electrons. The van der Waals surface area contributed by atoms with Crippen LogP contribution in [0.25, 0.3) is 0 Å². The molecule has 54 nitrogen and oxygen atoms in total. The maximum absolute atomic E-state index is 13.2. The fourth-order valence-corrected chi connectivity index (χ4v) is 15.3. The molecule has 122 heavy (non-hydrogen) atoms. The van der Waals surface area contributed by atoms with Crippen LogP contribution in [0.1, 0.15) is 34.6 Å². The number of carbonyl (C=O) groups excluding carboxylic acids is 5. The summed E-state index contributed by atoms with van der Waals surface area (Å²) in [7, 11) is 0. The van der Waals surface area contributed by atoms with Crippen molar-refractivity contribution < 1.29 is 247 Å². The highest BCUT2D eigenvalue weighted by molar-refractivity contribution is 5.77. The van der Waals surface area contributed by atoms with Crippen molar-refractivity contribution in [2.24, 2.45) is 0 Å². The van der Waals surface area contributed by atoms with E-state index in [1.807, 2.05) is 0 Å². The van der Waals surface area contributed by atoms with Crippen molar-refractivity contribution in [3.8, 4) is 0 Å². The highest BCUT2D eigenvalue weighted by Gasteiger charge is 2.61. The maximum Gasteiger partial charge on any atom is 0.217 e. The van der Waals surface area contributed by atoms with Gasteiger partial charge in [0.2, 0.25) is 23.6 Å². The lowest BCUT2D eigenvalue weighted by atomic mass is 9.94. The summed E-state index contributed by atoms with van der Waals surface area (Å²) in [5, 5.41) is 310. The maximum atomic E-state index is 13.2.